The lowest BCUT2D eigenvalue weighted by Gasteiger charge is -2.49. The van der Waals surface area contributed by atoms with Gasteiger partial charge in [0, 0.05) is 23.8 Å². The van der Waals surface area contributed by atoms with E-state index in [9.17, 15) is 0 Å². The molecule has 15 nitrogen and oxygen atoms in total. The van der Waals surface area contributed by atoms with Gasteiger partial charge in [-0.05, 0) is 35.1 Å². The fourth-order valence-corrected chi connectivity index (χ4v) is 10.2. The molecule has 0 bridgehead atoms. The number of nitrogens with zero attached hydrogens (tertiary/aromatic N) is 3. The summed E-state index contributed by atoms with van der Waals surface area (Å²) < 4.78 is 79.2. The molecule has 368 valence electrons. The van der Waals surface area contributed by atoms with Crippen molar-refractivity contribution >= 4 is 11.8 Å². The van der Waals surface area contributed by atoms with E-state index in [1.165, 1.54) is 0 Å². The van der Waals surface area contributed by atoms with Gasteiger partial charge < -0.3 is 56.8 Å². The van der Waals surface area contributed by atoms with Gasteiger partial charge in [0.05, 0.1) is 58.6 Å². The zero-order valence-electron chi connectivity index (χ0n) is 39.4. The minimum absolute atomic E-state index is 0.146. The molecule has 6 aromatic rings. The lowest BCUT2D eigenvalue weighted by molar-refractivity contribution is -0.369. The first-order valence-corrected chi connectivity index (χ1v) is 24.8. The molecule has 4 fully saturated rings. The van der Waals surface area contributed by atoms with E-state index in [1.54, 1.807) is 30.7 Å². The number of rotatable bonds is 19. The lowest BCUT2D eigenvalue weighted by atomic mass is 9.97. The van der Waals surface area contributed by atoms with Crippen molar-refractivity contribution in [2.75, 3.05) is 33.2 Å². The van der Waals surface area contributed by atoms with Crippen molar-refractivity contribution in [3.63, 3.8) is 0 Å². The summed E-state index contributed by atoms with van der Waals surface area (Å²) in [6.45, 7) is 3.71. The number of hydrogen-bond donors (Lipinski definition) is 0. The summed E-state index contributed by atoms with van der Waals surface area (Å²) in [5.41, 5.74) is 5.74. The Morgan fingerprint density at radius 1 is 0.571 bits per heavy atom. The monoisotopic (exact) mass is 973 g/mol. The molecule has 0 radical (unpaired) electrons. The fraction of sp³-hybridized carbons (Fsp3) is 0.407. The van der Waals surface area contributed by atoms with E-state index in [2.05, 4.69) is 29.4 Å². The SMILES string of the molecule is CCS[C@@H]1O[C@@H]2CO[C@@H](c3ccccc3)O[C@H]2[C@H](OCc2ccccc2)[C@H]1OCc1cn(-c2ccccc2CO[C@@H]2[C@@H](OCc3ccc(OC)cc3)[C@@H](OC)O[C@@H]3CO[C@@H](c4ccccc4)O[C@@H]23)nn1. The minimum Gasteiger partial charge on any atom is -0.497 e. The van der Waals surface area contributed by atoms with E-state index in [4.69, 9.17) is 56.8 Å². The van der Waals surface area contributed by atoms with E-state index in [-0.39, 0.29) is 38.0 Å². The van der Waals surface area contributed by atoms with Crippen LogP contribution in [0, 0.1) is 0 Å². The van der Waals surface area contributed by atoms with Crippen molar-refractivity contribution in [2.45, 2.75) is 106 Å². The van der Waals surface area contributed by atoms with Crippen LogP contribution in [0.3, 0.4) is 0 Å². The summed E-state index contributed by atoms with van der Waals surface area (Å²) in [4.78, 5) is 0. The van der Waals surface area contributed by atoms with Crippen molar-refractivity contribution < 1.29 is 56.8 Å². The predicted octanol–water partition coefficient (Wildman–Crippen LogP) is 8.29. The first-order valence-electron chi connectivity index (χ1n) is 23.8. The van der Waals surface area contributed by atoms with Gasteiger partial charge in [0.25, 0.3) is 0 Å². The Hall–Kier alpha value is -5.05. The molecule has 0 N–H and O–H groups in total. The van der Waals surface area contributed by atoms with Crippen molar-refractivity contribution in [3.05, 3.63) is 179 Å². The maximum Gasteiger partial charge on any atom is 0.186 e. The summed E-state index contributed by atoms with van der Waals surface area (Å²) in [6, 6.07) is 45.6. The molecule has 10 rings (SSSR count). The highest BCUT2D eigenvalue weighted by Gasteiger charge is 2.53. The average molecular weight is 974 g/mol. The third kappa shape index (κ3) is 11.3. The Bertz CT molecular complexity index is 2530. The molecule has 70 heavy (non-hydrogen) atoms. The Balaban J connectivity index is 0.873. The van der Waals surface area contributed by atoms with Gasteiger partial charge in [0.1, 0.15) is 65.7 Å². The van der Waals surface area contributed by atoms with Gasteiger partial charge in [-0.3, -0.25) is 0 Å². The molecule has 16 heteroatoms. The number of thioether (sulfide) groups is 1. The molecular weight excluding hydrogens is 915 g/mol. The summed E-state index contributed by atoms with van der Waals surface area (Å²) in [5.74, 6) is 1.56. The quantitative estimate of drug-likeness (QED) is 0.0768. The topological polar surface area (TPSA) is 141 Å². The molecule has 1 aromatic heterocycles. The molecular formula is C54H59N3O12S. The second-order valence-corrected chi connectivity index (χ2v) is 18.7. The van der Waals surface area contributed by atoms with E-state index in [0.29, 0.717) is 18.9 Å². The van der Waals surface area contributed by atoms with Crippen LogP contribution < -0.4 is 4.74 Å². The van der Waals surface area contributed by atoms with Crippen molar-refractivity contribution in [1.29, 1.82) is 0 Å². The van der Waals surface area contributed by atoms with Gasteiger partial charge in [0.15, 0.2) is 18.9 Å². The van der Waals surface area contributed by atoms with E-state index in [0.717, 1.165) is 45.0 Å². The van der Waals surface area contributed by atoms with Crippen LogP contribution in [0.5, 0.6) is 5.75 Å². The van der Waals surface area contributed by atoms with E-state index >= 15 is 0 Å². The van der Waals surface area contributed by atoms with Gasteiger partial charge in [0.2, 0.25) is 0 Å². The summed E-state index contributed by atoms with van der Waals surface area (Å²) in [5, 5.41) is 9.19. The molecule has 0 unspecified atom stereocenters. The second kappa shape index (κ2) is 23.5. The number of hydrogen-bond acceptors (Lipinski definition) is 15. The Labute approximate surface area is 412 Å². The first-order chi connectivity index (χ1) is 34.5. The highest BCUT2D eigenvalue weighted by Crippen LogP contribution is 2.41. The highest BCUT2D eigenvalue weighted by molar-refractivity contribution is 7.99. The zero-order chi connectivity index (χ0) is 47.7. The molecule has 5 aromatic carbocycles. The van der Waals surface area contributed by atoms with Crippen LogP contribution in [0.4, 0.5) is 0 Å². The maximum absolute atomic E-state index is 6.95. The molecule has 0 aliphatic carbocycles. The third-order valence-electron chi connectivity index (χ3n) is 12.8. The first kappa shape index (κ1) is 48.6. The van der Waals surface area contributed by atoms with Gasteiger partial charge in [-0.1, -0.05) is 133 Å². The molecule has 12 atom stereocenters. The van der Waals surface area contributed by atoms with E-state index in [1.807, 2.05) is 134 Å². The zero-order valence-corrected chi connectivity index (χ0v) is 40.2. The summed E-state index contributed by atoms with van der Waals surface area (Å²) in [6.07, 6.45) is -4.23. The van der Waals surface area contributed by atoms with Crippen LogP contribution in [0.15, 0.2) is 146 Å². The number of benzene rings is 5. The van der Waals surface area contributed by atoms with Crippen LogP contribution in [0.25, 0.3) is 5.69 Å². The number of ether oxygens (including phenoxy) is 12. The smallest absolute Gasteiger partial charge is 0.186 e. The van der Waals surface area contributed by atoms with E-state index < -0.39 is 61.6 Å². The Morgan fingerprint density at radius 2 is 1.13 bits per heavy atom. The van der Waals surface area contributed by atoms with Crippen LogP contribution >= 0.6 is 11.8 Å². The fourth-order valence-electron chi connectivity index (χ4n) is 9.26. The van der Waals surface area contributed by atoms with Crippen LogP contribution in [-0.2, 0) is 78.5 Å². The van der Waals surface area contributed by atoms with Crippen LogP contribution in [0.1, 0.15) is 53.0 Å². The highest BCUT2D eigenvalue weighted by atomic mass is 32.2. The van der Waals surface area contributed by atoms with Gasteiger partial charge >= 0.3 is 0 Å². The number of fused-ring (bicyclic) bond motifs is 2. The molecule has 0 amide bonds. The van der Waals surface area contributed by atoms with Gasteiger partial charge in [-0.15, -0.1) is 16.9 Å². The summed E-state index contributed by atoms with van der Waals surface area (Å²) >= 11 is 1.67. The molecule has 0 saturated carbocycles. The van der Waals surface area contributed by atoms with Gasteiger partial charge in [-0.25, -0.2) is 4.68 Å². The number of para-hydroxylation sites is 1. The minimum atomic E-state index is -0.763. The standard InChI is InChI=1S/C54H59N3O12S/c1-4-70-54-50(48(60-29-35-16-8-5-9-17-35)46-44(67-54)34-65-52(69-46)38-20-12-7-13-21-38)63-32-40-28-57(56-55-40)42-23-15-14-22-39(42)31-62-47-45-43(33-64-51(68-45)37-18-10-6-11-19-37)66-53(59-3)49(47)61-30-36-24-26-41(58-2)27-25-36/h5-28,43-54H,4,29-34H2,1-3H3/t43-,44-,45-,46-,47+,48+,49-,50-,51-,52-,53+,54+/m1/s1. The Kier molecular flexibility index (Phi) is 16.3. The molecule has 4 saturated heterocycles. The maximum atomic E-state index is 6.95. The number of aromatic nitrogens is 3. The lowest BCUT2D eigenvalue weighted by Crippen LogP contribution is -2.63. The molecule has 5 heterocycles. The number of methoxy groups -OCH3 is 2. The van der Waals surface area contributed by atoms with Gasteiger partial charge in [-0.2, -0.15) is 0 Å². The van der Waals surface area contributed by atoms with Crippen LogP contribution in [0.2, 0.25) is 0 Å². The molecule has 0 spiro atoms. The van der Waals surface area contributed by atoms with Crippen molar-refractivity contribution in [1.82, 2.24) is 15.0 Å². The molecule has 4 aliphatic heterocycles. The third-order valence-corrected chi connectivity index (χ3v) is 13.8. The second-order valence-electron chi connectivity index (χ2n) is 17.3. The van der Waals surface area contributed by atoms with Crippen molar-refractivity contribution in [3.8, 4) is 11.4 Å². The van der Waals surface area contributed by atoms with Crippen LogP contribution in [-0.4, -0.2) is 109 Å². The summed E-state index contributed by atoms with van der Waals surface area (Å²) in [7, 11) is 3.24. The molecule has 4 aliphatic rings. The normalized spacial score (nSPS) is 28.7. The average Bonchev–Trinajstić information content (AvgIpc) is 3.90. The largest absolute Gasteiger partial charge is 0.497 e. The predicted molar refractivity (Wildman–Crippen MR) is 258 cm³/mol. The Morgan fingerprint density at radius 3 is 1.77 bits per heavy atom. The van der Waals surface area contributed by atoms with Crippen molar-refractivity contribution in [2.24, 2.45) is 0 Å².